The van der Waals surface area contributed by atoms with Crippen LogP contribution < -0.4 is 10.5 Å². The molecule has 0 amide bonds. The molecule has 0 aliphatic carbocycles. The molecule has 1 heterocycles. The van der Waals surface area contributed by atoms with E-state index >= 15 is 0 Å². The van der Waals surface area contributed by atoms with Gasteiger partial charge in [-0.15, -0.1) is 0 Å². The van der Waals surface area contributed by atoms with Crippen LogP contribution in [0.1, 0.15) is 0 Å². The first kappa shape index (κ1) is 12.1. The number of benzene rings is 1. The average molecular weight is 319 g/mol. The Kier molecular flexibility index (Phi) is 3.44. The summed E-state index contributed by atoms with van der Waals surface area (Å²) in [5.74, 6) is 0.0581. The van der Waals surface area contributed by atoms with Crippen molar-refractivity contribution < 1.29 is 9.13 Å². The fourth-order valence-electron chi connectivity index (χ4n) is 1.12. The van der Waals surface area contributed by atoms with Crippen LogP contribution in [0.5, 0.6) is 11.8 Å². The van der Waals surface area contributed by atoms with Crippen molar-refractivity contribution in [1.29, 1.82) is 0 Å². The molecule has 7 heteroatoms. The zero-order chi connectivity index (χ0) is 12.4. The molecular formula is C10H6BrClFN3O. The number of hydrogen-bond acceptors (Lipinski definition) is 4. The maximum Gasteiger partial charge on any atom is 0.325 e. The van der Waals surface area contributed by atoms with Gasteiger partial charge in [0.2, 0.25) is 0 Å². The van der Waals surface area contributed by atoms with Gasteiger partial charge in [-0.25, -0.2) is 4.39 Å². The Labute approximate surface area is 110 Å². The van der Waals surface area contributed by atoms with Gasteiger partial charge < -0.3 is 10.5 Å². The third-order valence-electron chi connectivity index (χ3n) is 1.79. The first-order valence-electron chi connectivity index (χ1n) is 4.47. The van der Waals surface area contributed by atoms with Gasteiger partial charge in [0.25, 0.3) is 0 Å². The minimum Gasteiger partial charge on any atom is -0.423 e. The highest BCUT2D eigenvalue weighted by molar-refractivity contribution is 9.10. The van der Waals surface area contributed by atoms with Crippen LogP contribution in [-0.4, -0.2) is 9.97 Å². The molecule has 2 N–H and O–H groups in total. The Bertz CT molecular complexity index is 547. The van der Waals surface area contributed by atoms with Gasteiger partial charge in [0.05, 0.1) is 5.02 Å². The molecule has 0 saturated carbocycles. The molecule has 17 heavy (non-hydrogen) atoms. The van der Waals surface area contributed by atoms with E-state index in [1.807, 2.05) is 0 Å². The van der Waals surface area contributed by atoms with Crippen molar-refractivity contribution in [2.45, 2.75) is 0 Å². The summed E-state index contributed by atoms with van der Waals surface area (Å²) in [7, 11) is 0. The zero-order valence-electron chi connectivity index (χ0n) is 8.32. The lowest BCUT2D eigenvalue weighted by Gasteiger charge is -2.06. The van der Waals surface area contributed by atoms with Gasteiger partial charge in [-0.3, -0.25) is 0 Å². The second-order valence-electron chi connectivity index (χ2n) is 3.07. The molecule has 88 valence electrons. The van der Waals surface area contributed by atoms with Crippen LogP contribution in [0, 0.1) is 5.82 Å². The lowest BCUT2D eigenvalue weighted by atomic mass is 10.3. The first-order valence-corrected chi connectivity index (χ1v) is 5.64. The largest absolute Gasteiger partial charge is 0.423 e. The van der Waals surface area contributed by atoms with Crippen molar-refractivity contribution in [1.82, 2.24) is 9.97 Å². The maximum absolute atomic E-state index is 12.8. The minimum atomic E-state index is -0.447. The molecule has 1 aromatic carbocycles. The molecule has 0 fully saturated rings. The van der Waals surface area contributed by atoms with E-state index in [0.29, 0.717) is 4.60 Å². The Morgan fingerprint density at radius 2 is 2.06 bits per heavy atom. The van der Waals surface area contributed by atoms with Crippen molar-refractivity contribution in [2.75, 3.05) is 5.73 Å². The number of rotatable bonds is 2. The van der Waals surface area contributed by atoms with Gasteiger partial charge in [0.1, 0.15) is 22.0 Å². The molecule has 4 nitrogen and oxygen atoms in total. The number of anilines is 1. The summed E-state index contributed by atoms with van der Waals surface area (Å²) in [6, 6.07) is 5.31. The molecule has 0 radical (unpaired) electrons. The standard InChI is InChI=1S/C10H6BrClFN3O/c11-8-4-9(14)16-10(15-8)17-7-2-1-5(13)3-6(7)12/h1-4H,(H2,14,15,16). The summed E-state index contributed by atoms with van der Waals surface area (Å²) in [6.07, 6.45) is 0. The van der Waals surface area contributed by atoms with Crippen LogP contribution in [0.3, 0.4) is 0 Å². The molecule has 2 rings (SSSR count). The molecule has 0 aliphatic rings. The van der Waals surface area contributed by atoms with Gasteiger partial charge in [-0.05, 0) is 34.1 Å². The van der Waals surface area contributed by atoms with Crippen LogP contribution in [0.2, 0.25) is 5.02 Å². The number of nitrogen functional groups attached to an aromatic ring is 1. The molecule has 0 aliphatic heterocycles. The number of hydrogen-bond donors (Lipinski definition) is 1. The van der Waals surface area contributed by atoms with Crippen molar-refractivity contribution in [3.05, 3.63) is 39.7 Å². The average Bonchev–Trinajstić information content (AvgIpc) is 2.21. The third kappa shape index (κ3) is 3.04. The monoisotopic (exact) mass is 317 g/mol. The molecule has 0 spiro atoms. The molecule has 2 aromatic rings. The lowest BCUT2D eigenvalue weighted by Crippen LogP contribution is -1.97. The number of nitrogens with two attached hydrogens (primary N) is 1. The van der Waals surface area contributed by atoms with Gasteiger partial charge in [0, 0.05) is 6.07 Å². The Morgan fingerprint density at radius 1 is 1.29 bits per heavy atom. The predicted octanol–water partition coefficient (Wildman–Crippen LogP) is 3.41. The highest BCUT2D eigenvalue weighted by Crippen LogP contribution is 2.29. The summed E-state index contributed by atoms with van der Waals surface area (Å²) in [6.45, 7) is 0. The maximum atomic E-state index is 12.8. The van der Waals surface area contributed by atoms with E-state index in [0.717, 1.165) is 6.07 Å². The minimum absolute atomic E-state index is 0.0328. The second kappa shape index (κ2) is 4.85. The van der Waals surface area contributed by atoms with E-state index in [9.17, 15) is 4.39 Å². The number of ether oxygens (including phenoxy) is 1. The van der Waals surface area contributed by atoms with Crippen molar-refractivity contribution in [2.24, 2.45) is 0 Å². The smallest absolute Gasteiger partial charge is 0.325 e. The van der Waals surface area contributed by atoms with E-state index < -0.39 is 5.82 Å². The highest BCUT2D eigenvalue weighted by Gasteiger charge is 2.08. The Morgan fingerprint density at radius 3 is 2.71 bits per heavy atom. The Hall–Kier alpha value is -1.40. The second-order valence-corrected chi connectivity index (χ2v) is 4.29. The van der Waals surface area contributed by atoms with E-state index in [1.165, 1.54) is 18.2 Å². The van der Waals surface area contributed by atoms with Crippen LogP contribution in [0.4, 0.5) is 10.2 Å². The molecule has 0 bridgehead atoms. The summed E-state index contributed by atoms with van der Waals surface area (Å²) in [4.78, 5) is 7.80. The first-order chi connectivity index (χ1) is 8.04. The fraction of sp³-hybridized carbons (Fsp3) is 0. The van der Waals surface area contributed by atoms with Crippen LogP contribution in [-0.2, 0) is 0 Å². The van der Waals surface area contributed by atoms with E-state index in [4.69, 9.17) is 22.1 Å². The third-order valence-corrected chi connectivity index (χ3v) is 2.49. The molecule has 1 aromatic heterocycles. The van der Waals surface area contributed by atoms with E-state index in [-0.39, 0.29) is 22.6 Å². The highest BCUT2D eigenvalue weighted by atomic mass is 79.9. The van der Waals surface area contributed by atoms with E-state index in [2.05, 4.69) is 25.9 Å². The molecule has 0 unspecified atom stereocenters. The number of nitrogens with zero attached hydrogens (tertiary/aromatic N) is 2. The predicted molar refractivity (Wildman–Crippen MR) is 65.6 cm³/mol. The number of halogens is 3. The SMILES string of the molecule is Nc1cc(Br)nc(Oc2ccc(F)cc2Cl)n1. The van der Waals surface area contributed by atoms with Crippen molar-refractivity contribution in [3.8, 4) is 11.8 Å². The normalized spacial score (nSPS) is 10.3. The van der Waals surface area contributed by atoms with Crippen LogP contribution in [0.15, 0.2) is 28.9 Å². The molecule has 0 saturated heterocycles. The molecular weight excluding hydrogens is 312 g/mol. The van der Waals surface area contributed by atoms with Gasteiger partial charge in [-0.1, -0.05) is 11.6 Å². The van der Waals surface area contributed by atoms with Crippen molar-refractivity contribution >= 4 is 33.3 Å². The van der Waals surface area contributed by atoms with Crippen LogP contribution in [0.25, 0.3) is 0 Å². The van der Waals surface area contributed by atoms with E-state index in [1.54, 1.807) is 0 Å². The van der Waals surface area contributed by atoms with Gasteiger partial charge >= 0.3 is 6.01 Å². The number of aromatic nitrogens is 2. The topological polar surface area (TPSA) is 61.0 Å². The zero-order valence-corrected chi connectivity index (χ0v) is 10.7. The quantitative estimate of drug-likeness (QED) is 0.862. The van der Waals surface area contributed by atoms with Gasteiger partial charge in [-0.2, -0.15) is 9.97 Å². The fourth-order valence-corrected chi connectivity index (χ4v) is 1.71. The Balaban J connectivity index is 2.31. The molecule has 0 atom stereocenters. The lowest BCUT2D eigenvalue weighted by molar-refractivity contribution is 0.440. The summed E-state index contributed by atoms with van der Waals surface area (Å²) in [5.41, 5.74) is 5.52. The summed E-state index contributed by atoms with van der Waals surface area (Å²) < 4.78 is 18.6. The van der Waals surface area contributed by atoms with Crippen molar-refractivity contribution in [3.63, 3.8) is 0 Å². The van der Waals surface area contributed by atoms with Crippen LogP contribution >= 0.6 is 27.5 Å². The summed E-state index contributed by atoms with van der Waals surface area (Å²) >= 11 is 8.95. The van der Waals surface area contributed by atoms with Gasteiger partial charge in [0.15, 0.2) is 0 Å². The summed E-state index contributed by atoms with van der Waals surface area (Å²) in [5, 5.41) is 0.132.